The number of rotatable bonds is 4. The highest BCUT2D eigenvalue weighted by Crippen LogP contribution is 2.32. The van der Waals surface area contributed by atoms with Crippen LogP contribution in [0.15, 0.2) is 23.1 Å². The smallest absolute Gasteiger partial charge is 0.0762 e. The standard InChI is InChI=1S/C11H15ClO2S/c1-7(6-13)15-11-4-3-9(8(2)14)5-10(11)12/h3-5,7-8,13-14H,6H2,1-2H3/t7?,8-/m0/s1. The molecule has 15 heavy (non-hydrogen) atoms. The summed E-state index contributed by atoms with van der Waals surface area (Å²) < 4.78 is 0. The van der Waals surface area contributed by atoms with Gasteiger partial charge in [0.05, 0.1) is 17.7 Å². The Morgan fingerprint density at radius 1 is 1.40 bits per heavy atom. The van der Waals surface area contributed by atoms with E-state index in [1.165, 1.54) is 11.8 Å². The fourth-order valence-corrected chi connectivity index (χ4v) is 2.28. The van der Waals surface area contributed by atoms with Crippen LogP contribution >= 0.6 is 23.4 Å². The zero-order valence-electron chi connectivity index (χ0n) is 8.77. The third-order valence-electron chi connectivity index (χ3n) is 2.02. The van der Waals surface area contributed by atoms with Gasteiger partial charge in [0.25, 0.3) is 0 Å². The molecular formula is C11H15ClO2S. The summed E-state index contributed by atoms with van der Waals surface area (Å²) in [6.45, 7) is 3.76. The number of aliphatic hydroxyl groups excluding tert-OH is 2. The van der Waals surface area contributed by atoms with Crippen LogP contribution in [0.1, 0.15) is 25.5 Å². The zero-order chi connectivity index (χ0) is 11.4. The molecule has 1 unspecified atom stereocenters. The normalized spacial score (nSPS) is 15.0. The van der Waals surface area contributed by atoms with Gasteiger partial charge >= 0.3 is 0 Å². The first-order chi connectivity index (χ1) is 7.04. The largest absolute Gasteiger partial charge is 0.395 e. The Balaban J connectivity index is 2.83. The molecule has 0 amide bonds. The first kappa shape index (κ1) is 12.8. The van der Waals surface area contributed by atoms with Crippen LogP contribution in [0.2, 0.25) is 5.02 Å². The average Bonchev–Trinajstić information content (AvgIpc) is 2.20. The molecule has 0 saturated heterocycles. The van der Waals surface area contributed by atoms with Crippen molar-refractivity contribution in [2.45, 2.75) is 30.1 Å². The predicted octanol–water partition coefficient (Wildman–Crippen LogP) is 2.87. The van der Waals surface area contributed by atoms with Crippen LogP contribution in [0.4, 0.5) is 0 Å². The summed E-state index contributed by atoms with van der Waals surface area (Å²) in [6.07, 6.45) is -0.503. The van der Waals surface area contributed by atoms with Gasteiger partial charge in [0.2, 0.25) is 0 Å². The summed E-state index contributed by atoms with van der Waals surface area (Å²) in [5, 5.41) is 19.0. The third-order valence-corrected chi connectivity index (χ3v) is 3.61. The molecule has 84 valence electrons. The van der Waals surface area contributed by atoms with Gasteiger partial charge in [-0.2, -0.15) is 0 Å². The Hall–Kier alpha value is -0.220. The van der Waals surface area contributed by atoms with E-state index in [1.807, 2.05) is 19.1 Å². The lowest BCUT2D eigenvalue weighted by molar-refractivity contribution is 0.199. The second kappa shape index (κ2) is 5.75. The second-order valence-electron chi connectivity index (χ2n) is 3.48. The van der Waals surface area contributed by atoms with Crippen molar-refractivity contribution in [1.29, 1.82) is 0 Å². The van der Waals surface area contributed by atoms with E-state index in [2.05, 4.69) is 0 Å². The first-order valence-corrected chi connectivity index (χ1v) is 6.05. The van der Waals surface area contributed by atoms with E-state index in [0.29, 0.717) is 5.02 Å². The Labute approximate surface area is 99.3 Å². The Bertz CT molecular complexity index is 328. The van der Waals surface area contributed by atoms with Gasteiger partial charge in [-0.25, -0.2) is 0 Å². The lowest BCUT2D eigenvalue weighted by Gasteiger charge is -2.11. The molecule has 0 aliphatic carbocycles. The number of hydrogen-bond donors (Lipinski definition) is 2. The minimum Gasteiger partial charge on any atom is -0.395 e. The number of benzene rings is 1. The second-order valence-corrected chi connectivity index (χ2v) is 5.36. The van der Waals surface area contributed by atoms with Crippen molar-refractivity contribution in [2.75, 3.05) is 6.61 Å². The van der Waals surface area contributed by atoms with E-state index in [4.69, 9.17) is 16.7 Å². The maximum Gasteiger partial charge on any atom is 0.0762 e. The average molecular weight is 247 g/mol. The Kier molecular flexibility index (Phi) is 4.93. The summed E-state index contributed by atoms with van der Waals surface area (Å²) in [4.78, 5) is 0.933. The summed E-state index contributed by atoms with van der Waals surface area (Å²) in [5.74, 6) is 0. The molecule has 1 aromatic rings. The van der Waals surface area contributed by atoms with Gasteiger partial charge in [-0.1, -0.05) is 24.6 Å². The fraction of sp³-hybridized carbons (Fsp3) is 0.455. The molecule has 2 atom stereocenters. The minimum absolute atomic E-state index is 0.124. The Morgan fingerprint density at radius 2 is 2.07 bits per heavy atom. The molecule has 0 aliphatic rings. The Morgan fingerprint density at radius 3 is 2.53 bits per heavy atom. The van der Waals surface area contributed by atoms with Gasteiger partial charge < -0.3 is 10.2 Å². The number of thioether (sulfide) groups is 1. The van der Waals surface area contributed by atoms with E-state index in [1.54, 1.807) is 13.0 Å². The molecule has 1 aromatic carbocycles. The molecule has 2 N–H and O–H groups in total. The highest BCUT2D eigenvalue weighted by molar-refractivity contribution is 8.00. The van der Waals surface area contributed by atoms with Gasteiger partial charge in [-0.3, -0.25) is 0 Å². The van der Waals surface area contributed by atoms with Crippen molar-refractivity contribution < 1.29 is 10.2 Å². The summed E-state index contributed by atoms with van der Waals surface area (Å²) in [6, 6.07) is 5.49. The van der Waals surface area contributed by atoms with Gasteiger partial charge in [-0.15, -0.1) is 11.8 Å². The molecule has 0 bridgehead atoms. The van der Waals surface area contributed by atoms with Crippen molar-refractivity contribution >= 4 is 23.4 Å². The lowest BCUT2D eigenvalue weighted by Crippen LogP contribution is -2.01. The highest BCUT2D eigenvalue weighted by Gasteiger charge is 2.09. The van der Waals surface area contributed by atoms with Gasteiger partial charge in [0.1, 0.15) is 0 Å². The van der Waals surface area contributed by atoms with E-state index in [0.717, 1.165) is 10.5 Å². The molecule has 2 nitrogen and oxygen atoms in total. The summed E-state index contributed by atoms with van der Waals surface area (Å²) in [5.41, 5.74) is 0.806. The number of halogens is 1. The van der Waals surface area contributed by atoms with Crippen LogP contribution < -0.4 is 0 Å². The van der Waals surface area contributed by atoms with Crippen molar-refractivity contribution in [2.24, 2.45) is 0 Å². The quantitative estimate of drug-likeness (QED) is 0.803. The van der Waals surface area contributed by atoms with Gasteiger partial charge in [0, 0.05) is 10.1 Å². The van der Waals surface area contributed by atoms with Crippen molar-refractivity contribution in [3.63, 3.8) is 0 Å². The van der Waals surface area contributed by atoms with Crippen LogP contribution in [0.5, 0.6) is 0 Å². The van der Waals surface area contributed by atoms with Crippen LogP contribution in [-0.2, 0) is 0 Å². The SMILES string of the molecule is CC(CO)Sc1ccc([C@H](C)O)cc1Cl. The topological polar surface area (TPSA) is 40.5 Å². The van der Waals surface area contributed by atoms with Gasteiger partial charge in [0.15, 0.2) is 0 Å². The summed E-state index contributed by atoms with van der Waals surface area (Å²) >= 11 is 7.59. The van der Waals surface area contributed by atoms with Crippen molar-refractivity contribution in [1.82, 2.24) is 0 Å². The summed E-state index contributed by atoms with van der Waals surface area (Å²) in [7, 11) is 0. The molecule has 0 heterocycles. The molecule has 0 aromatic heterocycles. The first-order valence-electron chi connectivity index (χ1n) is 4.79. The van der Waals surface area contributed by atoms with Crippen LogP contribution in [0.3, 0.4) is 0 Å². The highest BCUT2D eigenvalue weighted by atomic mass is 35.5. The van der Waals surface area contributed by atoms with E-state index >= 15 is 0 Å². The maximum absolute atomic E-state index is 9.36. The number of hydrogen-bond acceptors (Lipinski definition) is 3. The molecule has 0 saturated carbocycles. The van der Waals surface area contributed by atoms with Crippen LogP contribution in [0, 0.1) is 0 Å². The van der Waals surface area contributed by atoms with Crippen molar-refractivity contribution in [3.8, 4) is 0 Å². The van der Waals surface area contributed by atoms with Crippen LogP contribution in [0.25, 0.3) is 0 Å². The zero-order valence-corrected chi connectivity index (χ0v) is 10.3. The molecule has 4 heteroatoms. The third kappa shape index (κ3) is 3.68. The van der Waals surface area contributed by atoms with Crippen LogP contribution in [-0.4, -0.2) is 22.1 Å². The van der Waals surface area contributed by atoms with Gasteiger partial charge in [-0.05, 0) is 24.6 Å². The molecule has 0 aliphatic heterocycles. The van der Waals surface area contributed by atoms with Crippen molar-refractivity contribution in [3.05, 3.63) is 28.8 Å². The minimum atomic E-state index is -0.503. The number of aliphatic hydroxyl groups is 2. The molecule has 0 fully saturated rings. The molecular weight excluding hydrogens is 232 g/mol. The molecule has 1 rings (SSSR count). The monoisotopic (exact) mass is 246 g/mol. The fourth-order valence-electron chi connectivity index (χ4n) is 1.13. The molecule has 0 spiro atoms. The lowest BCUT2D eigenvalue weighted by atomic mass is 10.1. The van der Waals surface area contributed by atoms with E-state index in [-0.39, 0.29) is 11.9 Å². The van der Waals surface area contributed by atoms with E-state index in [9.17, 15) is 5.11 Å². The maximum atomic E-state index is 9.36. The van der Waals surface area contributed by atoms with E-state index < -0.39 is 6.10 Å². The molecule has 0 radical (unpaired) electrons. The predicted molar refractivity (Wildman–Crippen MR) is 64.5 cm³/mol.